The Morgan fingerprint density at radius 2 is 1.61 bits per heavy atom. The van der Waals surface area contributed by atoms with Crippen molar-refractivity contribution >= 4 is 27.6 Å². The van der Waals surface area contributed by atoms with Crippen LogP contribution in [0.25, 0.3) is 0 Å². The number of para-hydroxylation sites is 1. The fourth-order valence-corrected chi connectivity index (χ4v) is 6.32. The van der Waals surface area contributed by atoms with Crippen LogP contribution in [0.3, 0.4) is 0 Å². The second-order valence-electron chi connectivity index (χ2n) is 9.88. The molecule has 0 radical (unpaired) electrons. The average molecular weight is 535 g/mol. The Morgan fingerprint density at radius 1 is 0.921 bits per heavy atom. The molecule has 0 heterocycles. The summed E-state index contributed by atoms with van der Waals surface area (Å²) in [6.07, 6.45) is 3.11. The first kappa shape index (κ1) is 27.4. The van der Waals surface area contributed by atoms with E-state index in [2.05, 4.69) is 19.2 Å². The van der Waals surface area contributed by atoms with Gasteiger partial charge < -0.3 is 10.1 Å². The van der Waals surface area contributed by atoms with Gasteiger partial charge in [-0.1, -0.05) is 81.3 Å². The topological polar surface area (TPSA) is 92.8 Å². The molecule has 4 rings (SSSR count). The number of ether oxygens (including phenoxy) is 1. The zero-order chi connectivity index (χ0) is 27.1. The molecule has 3 aromatic carbocycles. The normalized spacial score (nSPS) is 19.4. The number of anilines is 1. The number of carbonyl (C=O) groups is 2. The van der Waals surface area contributed by atoms with Crippen LogP contribution in [0.2, 0.25) is 0 Å². The summed E-state index contributed by atoms with van der Waals surface area (Å²) in [7, 11) is -4.02. The first-order valence-electron chi connectivity index (χ1n) is 12.9. The van der Waals surface area contributed by atoms with Crippen LogP contribution < -0.4 is 9.62 Å². The summed E-state index contributed by atoms with van der Waals surface area (Å²) in [6, 6.07) is 23.9. The quantitative estimate of drug-likeness (QED) is 0.382. The van der Waals surface area contributed by atoms with Crippen LogP contribution in [0.15, 0.2) is 89.8 Å². The lowest BCUT2D eigenvalue weighted by molar-refractivity contribution is -0.125. The van der Waals surface area contributed by atoms with Crippen LogP contribution in [0.1, 0.15) is 49.0 Å². The molecule has 1 aliphatic carbocycles. The van der Waals surface area contributed by atoms with Crippen LogP contribution in [0.4, 0.5) is 5.69 Å². The molecule has 7 nitrogen and oxygen atoms in total. The second kappa shape index (κ2) is 12.3. The number of benzene rings is 3. The first-order valence-corrected chi connectivity index (χ1v) is 14.4. The molecule has 1 fully saturated rings. The largest absolute Gasteiger partial charge is 0.452 e. The smallest absolute Gasteiger partial charge is 0.338 e. The summed E-state index contributed by atoms with van der Waals surface area (Å²) >= 11 is 0. The van der Waals surface area contributed by atoms with E-state index in [-0.39, 0.29) is 29.0 Å². The predicted molar refractivity (Wildman–Crippen MR) is 147 cm³/mol. The summed E-state index contributed by atoms with van der Waals surface area (Å²) in [5.41, 5.74) is 1.39. The Labute approximate surface area is 224 Å². The monoisotopic (exact) mass is 534 g/mol. The Morgan fingerprint density at radius 3 is 2.32 bits per heavy atom. The molecular weight excluding hydrogens is 500 g/mol. The van der Waals surface area contributed by atoms with E-state index < -0.39 is 22.6 Å². The summed E-state index contributed by atoms with van der Waals surface area (Å²) in [5, 5.41) is 2.98. The van der Waals surface area contributed by atoms with E-state index >= 15 is 0 Å². The molecule has 1 saturated carbocycles. The predicted octanol–water partition coefficient (Wildman–Crippen LogP) is 5.18. The molecule has 1 amide bonds. The van der Waals surface area contributed by atoms with Crippen LogP contribution >= 0.6 is 0 Å². The van der Waals surface area contributed by atoms with Crippen LogP contribution in [0.5, 0.6) is 0 Å². The lowest BCUT2D eigenvalue weighted by atomic mass is 9.78. The maximum atomic E-state index is 13.8. The van der Waals surface area contributed by atoms with Crippen molar-refractivity contribution in [2.75, 3.05) is 10.9 Å². The van der Waals surface area contributed by atoms with Crippen LogP contribution in [-0.4, -0.2) is 32.9 Å². The zero-order valence-electron chi connectivity index (χ0n) is 21.7. The van der Waals surface area contributed by atoms with Crippen molar-refractivity contribution in [1.82, 2.24) is 5.32 Å². The van der Waals surface area contributed by atoms with E-state index in [1.165, 1.54) is 28.6 Å². The van der Waals surface area contributed by atoms with Gasteiger partial charge in [0.25, 0.3) is 15.9 Å². The second-order valence-corrected chi connectivity index (χ2v) is 11.7. The number of hydrogen-bond acceptors (Lipinski definition) is 5. The first-order chi connectivity index (χ1) is 18.3. The minimum atomic E-state index is -4.02. The molecule has 0 aliphatic heterocycles. The number of rotatable bonds is 9. The summed E-state index contributed by atoms with van der Waals surface area (Å²) in [4.78, 5) is 25.2. The molecule has 0 bridgehead atoms. The Balaban J connectivity index is 1.48. The Kier molecular flexibility index (Phi) is 8.84. The van der Waals surface area contributed by atoms with Crippen molar-refractivity contribution in [3.05, 3.63) is 96.1 Å². The van der Waals surface area contributed by atoms with Crippen molar-refractivity contribution < 1.29 is 22.7 Å². The molecule has 38 heavy (non-hydrogen) atoms. The van der Waals surface area contributed by atoms with Gasteiger partial charge in [0, 0.05) is 6.04 Å². The van der Waals surface area contributed by atoms with E-state index in [4.69, 9.17) is 4.74 Å². The third kappa shape index (κ3) is 6.61. The van der Waals surface area contributed by atoms with Crippen LogP contribution in [-0.2, 0) is 26.1 Å². The van der Waals surface area contributed by atoms with Gasteiger partial charge in [-0.3, -0.25) is 9.10 Å². The molecule has 0 saturated heterocycles. The fourth-order valence-electron chi connectivity index (χ4n) is 4.82. The van der Waals surface area contributed by atoms with Gasteiger partial charge in [0.2, 0.25) is 0 Å². The van der Waals surface area contributed by atoms with Crippen molar-refractivity contribution in [2.24, 2.45) is 11.8 Å². The van der Waals surface area contributed by atoms with E-state index in [1.54, 1.807) is 24.3 Å². The van der Waals surface area contributed by atoms with Crippen LogP contribution in [0, 0.1) is 11.8 Å². The highest BCUT2D eigenvalue weighted by atomic mass is 32.2. The summed E-state index contributed by atoms with van der Waals surface area (Å²) in [6.45, 7) is 4.02. The van der Waals surface area contributed by atoms with Gasteiger partial charge in [-0.25, -0.2) is 13.2 Å². The molecule has 0 spiro atoms. The zero-order valence-corrected chi connectivity index (χ0v) is 22.6. The van der Waals surface area contributed by atoms with Gasteiger partial charge in [-0.15, -0.1) is 0 Å². The molecule has 3 atom stereocenters. The van der Waals surface area contributed by atoms with E-state index in [0.717, 1.165) is 24.8 Å². The molecule has 3 aromatic rings. The lowest BCUT2D eigenvalue weighted by Gasteiger charge is -2.34. The van der Waals surface area contributed by atoms with Crippen molar-refractivity contribution in [1.29, 1.82) is 0 Å². The lowest BCUT2D eigenvalue weighted by Crippen LogP contribution is -2.45. The van der Waals surface area contributed by atoms with Crippen molar-refractivity contribution in [2.45, 2.75) is 50.6 Å². The van der Waals surface area contributed by atoms with E-state index in [0.29, 0.717) is 17.5 Å². The number of nitrogens with zero attached hydrogens (tertiary/aromatic N) is 1. The third-order valence-electron chi connectivity index (χ3n) is 7.26. The molecule has 0 aromatic heterocycles. The number of nitrogens with one attached hydrogen (secondary N) is 1. The number of carbonyl (C=O) groups excluding carboxylic acids is 2. The Hall–Kier alpha value is -3.65. The third-order valence-corrected chi connectivity index (χ3v) is 9.03. The van der Waals surface area contributed by atoms with Crippen molar-refractivity contribution in [3.63, 3.8) is 0 Å². The number of amides is 1. The molecule has 0 unspecified atom stereocenters. The average Bonchev–Trinajstić information content (AvgIpc) is 2.94. The number of esters is 1. The van der Waals surface area contributed by atoms with Gasteiger partial charge in [0.05, 0.1) is 22.7 Å². The summed E-state index contributed by atoms with van der Waals surface area (Å²) in [5.74, 6) is -0.227. The van der Waals surface area contributed by atoms with Gasteiger partial charge in [0.15, 0.2) is 6.61 Å². The summed E-state index contributed by atoms with van der Waals surface area (Å²) < 4.78 is 34.1. The standard InChI is InChI=1S/C30H34N2O5S/c1-22-11-9-18-28(23(22)2)31-29(33)21-37-30(34)25-14-10-17-27(19-25)38(35,36)32(26-15-7-4-8-16-26)20-24-12-5-3-6-13-24/h3-8,10,12-17,19,22-23,28H,9,11,18,20-21H2,1-2H3,(H,31,33)/t22-,23-,28-/m1/s1. The fraction of sp³-hybridized carbons (Fsp3) is 0.333. The number of sulfonamides is 1. The highest BCUT2D eigenvalue weighted by Crippen LogP contribution is 2.29. The molecule has 8 heteroatoms. The highest BCUT2D eigenvalue weighted by molar-refractivity contribution is 7.92. The van der Waals surface area contributed by atoms with Gasteiger partial charge in [-0.2, -0.15) is 0 Å². The minimum Gasteiger partial charge on any atom is -0.452 e. The SMILES string of the molecule is C[C@@H]1[C@H](C)CCC[C@H]1NC(=O)COC(=O)c1cccc(S(=O)(=O)N(Cc2ccccc2)c2ccccc2)c1. The molecule has 200 valence electrons. The minimum absolute atomic E-state index is 0.0406. The highest BCUT2D eigenvalue weighted by Gasteiger charge is 2.29. The number of hydrogen-bond donors (Lipinski definition) is 1. The molecule has 1 aliphatic rings. The van der Waals surface area contributed by atoms with Crippen molar-refractivity contribution in [3.8, 4) is 0 Å². The maximum Gasteiger partial charge on any atom is 0.338 e. The van der Waals surface area contributed by atoms with Gasteiger partial charge in [0.1, 0.15) is 0 Å². The van der Waals surface area contributed by atoms with E-state index in [9.17, 15) is 18.0 Å². The maximum absolute atomic E-state index is 13.8. The van der Waals surface area contributed by atoms with Gasteiger partial charge >= 0.3 is 5.97 Å². The van der Waals surface area contributed by atoms with Gasteiger partial charge in [-0.05, 0) is 54.2 Å². The molecule has 1 N–H and O–H groups in total. The van der Waals surface area contributed by atoms with E-state index in [1.807, 2.05) is 36.4 Å². The molecular formula is C30H34N2O5S. The Bertz CT molecular complexity index is 1350.